The number of thiazole rings is 1. The highest BCUT2D eigenvalue weighted by Gasteiger charge is 2.12. The van der Waals surface area contributed by atoms with E-state index < -0.39 is 0 Å². The van der Waals surface area contributed by atoms with Crippen molar-refractivity contribution in [1.82, 2.24) is 9.88 Å². The molecule has 0 fully saturated rings. The molecule has 0 aliphatic carbocycles. The van der Waals surface area contributed by atoms with Crippen LogP contribution in [0.4, 0.5) is 9.93 Å². The maximum atomic E-state index is 12.3. The van der Waals surface area contributed by atoms with Gasteiger partial charge in [0.1, 0.15) is 12.4 Å². The molecule has 0 spiro atoms. The van der Waals surface area contributed by atoms with E-state index in [0.717, 1.165) is 21.5 Å². The molecule has 25 heavy (non-hydrogen) atoms. The van der Waals surface area contributed by atoms with Crippen LogP contribution in [-0.4, -0.2) is 29.6 Å². The van der Waals surface area contributed by atoms with Gasteiger partial charge >= 0.3 is 6.03 Å². The smallest absolute Gasteiger partial charge is 0.323 e. The number of ether oxygens (including phenoxy) is 1. The summed E-state index contributed by atoms with van der Waals surface area (Å²) in [5.41, 5.74) is 1.91. The molecule has 6 heteroatoms. The minimum absolute atomic E-state index is 0.189. The van der Waals surface area contributed by atoms with Crippen molar-refractivity contribution in [3.63, 3.8) is 0 Å². The number of hydrogen-bond donors (Lipinski definition) is 1. The lowest BCUT2D eigenvalue weighted by Gasteiger charge is -2.17. The first-order chi connectivity index (χ1) is 12.2. The molecule has 128 valence electrons. The Labute approximate surface area is 150 Å². The number of para-hydroxylation sites is 1. The molecule has 1 N–H and O–H groups in total. The van der Waals surface area contributed by atoms with Gasteiger partial charge in [0.2, 0.25) is 0 Å². The molecule has 0 aliphatic rings. The van der Waals surface area contributed by atoms with Gasteiger partial charge in [0, 0.05) is 13.6 Å². The summed E-state index contributed by atoms with van der Waals surface area (Å²) in [6, 6.07) is 15.3. The first kappa shape index (κ1) is 17.0. The van der Waals surface area contributed by atoms with Crippen molar-refractivity contribution in [2.75, 3.05) is 19.0 Å². The number of benzene rings is 2. The number of urea groups is 1. The highest BCUT2D eigenvalue weighted by molar-refractivity contribution is 7.22. The first-order valence-corrected chi connectivity index (χ1v) is 8.67. The second-order valence-electron chi connectivity index (χ2n) is 5.52. The van der Waals surface area contributed by atoms with Crippen LogP contribution in [0.1, 0.15) is 5.56 Å². The lowest BCUT2D eigenvalue weighted by atomic mass is 10.2. The zero-order valence-electron chi connectivity index (χ0n) is 13.9. The van der Waals surface area contributed by atoms with Gasteiger partial charge < -0.3 is 9.64 Å². The average Bonchev–Trinajstić information content (AvgIpc) is 3.03. The molecular formula is C19H19N3O2S. The van der Waals surface area contributed by atoms with E-state index in [1.54, 1.807) is 18.0 Å². The second kappa shape index (κ2) is 7.81. The molecule has 3 rings (SSSR count). The normalized spacial score (nSPS) is 10.4. The van der Waals surface area contributed by atoms with Gasteiger partial charge in [-0.15, -0.1) is 0 Å². The van der Waals surface area contributed by atoms with Crippen molar-refractivity contribution < 1.29 is 9.53 Å². The summed E-state index contributed by atoms with van der Waals surface area (Å²) in [6.07, 6.45) is 1.70. The van der Waals surface area contributed by atoms with E-state index in [1.165, 1.54) is 11.3 Å². The number of nitrogens with zero attached hydrogens (tertiary/aromatic N) is 2. The van der Waals surface area contributed by atoms with Crippen molar-refractivity contribution in [2.24, 2.45) is 0 Å². The lowest BCUT2D eigenvalue weighted by Crippen LogP contribution is -2.30. The SMILES string of the molecule is C=CCOc1ccc(CN(C)C(=O)Nc2nc3ccccc3s2)cc1. The number of carbonyl (C=O) groups is 1. The van der Waals surface area contributed by atoms with Crippen LogP contribution in [0.3, 0.4) is 0 Å². The summed E-state index contributed by atoms with van der Waals surface area (Å²) in [5, 5.41) is 3.45. The highest BCUT2D eigenvalue weighted by atomic mass is 32.1. The van der Waals surface area contributed by atoms with Crippen LogP contribution in [0.15, 0.2) is 61.2 Å². The Bertz CT molecular complexity index is 841. The van der Waals surface area contributed by atoms with E-state index in [-0.39, 0.29) is 6.03 Å². The van der Waals surface area contributed by atoms with Crippen molar-refractivity contribution >= 4 is 32.7 Å². The van der Waals surface area contributed by atoms with Gasteiger partial charge in [0.25, 0.3) is 0 Å². The third-order valence-corrected chi connectivity index (χ3v) is 4.52. The molecule has 0 atom stereocenters. The van der Waals surface area contributed by atoms with Crippen LogP contribution in [0.25, 0.3) is 10.2 Å². The molecule has 0 saturated heterocycles. The predicted molar refractivity (Wildman–Crippen MR) is 102 cm³/mol. The Morgan fingerprint density at radius 1 is 1.28 bits per heavy atom. The van der Waals surface area contributed by atoms with E-state index in [0.29, 0.717) is 18.3 Å². The van der Waals surface area contributed by atoms with Crippen LogP contribution in [0.2, 0.25) is 0 Å². The Balaban J connectivity index is 1.59. The molecule has 1 heterocycles. The van der Waals surface area contributed by atoms with Gasteiger partial charge in [-0.25, -0.2) is 9.78 Å². The fourth-order valence-corrected chi connectivity index (χ4v) is 3.16. The zero-order valence-corrected chi connectivity index (χ0v) is 14.8. The van der Waals surface area contributed by atoms with E-state index >= 15 is 0 Å². The van der Waals surface area contributed by atoms with Gasteiger partial charge in [0.05, 0.1) is 10.2 Å². The lowest BCUT2D eigenvalue weighted by molar-refractivity contribution is 0.220. The second-order valence-corrected chi connectivity index (χ2v) is 6.55. The molecule has 3 aromatic rings. The maximum Gasteiger partial charge on any atom is 0.323 e. The number of amides is 2. The Morgan fingerprint density at radius 3 is 2.76 bits per heavy atom. The summed E-state index contributed by atoms with van der Waals surface area (Å²) in [5.74, 6) is 0.783. The van der Waals surface area contributed by atoms with E-state index in [2.05, 4.69) is 16.9 Å². The molecule has 5 nitrogen and oxygen atoms in total. The monoisotopic (exact) mass is 353 g/mol. The number of fused-ring (bicyclic) bond motifs is 1. The van der Waals surface area contributed by atoms with E-state index in [9.17, 15) is 4.79 Å². The highest BCUT2D eigenvalue weighted by Crippen LogP contribution is 2.25. The first-order valence-electron chi connectivity index (χ1n) is 7.86. The molecule has 0 aliphatic heterocycles. The molecule has 0 bridgehead atoms. The molecule has 2 aromatic carbocycles. The van der Waals surface area contributed by atoms with Crippen LogP contribution >= 0.6 is 11.3 Å². The third kappa shape index (κ3) is 4.36. The fraction of sp³-hybridized carbons (Fsp3) is 0.158. The Kier molecular flexibility index (Phi) is 5.30. The zero-order chi connectivity index (χ0) is 17.6. The number of anilines is 1. The molecule has 2 amide bonds. The van der Waals surface area contributed by atoms with E-state index in [4.69, 9.17) is 4.74 Å². The standard InChI is InChI=1S/C19H19N3O2S/c1-3-12-24-15-10-8-14(9-11-15)13-22(2)19(23)21-18-20-16-6-4-5-7-17(16)25-18/h3-11H,1,12-13H2,2H3,(H,20,21,23). The minimum atomic E-state index is -0.189. The van der Waals surface area contributed by atoms with Gasteiger partial charge in [-0.05, 0) is 29.8 Å². The van der Waals surface area contributed by atoms with Crippen LogP contribution < -0.4 is 10.1 Å². The number of aromatic nitrogens is 1. The van der Waals surface area contributed by atoms with Crippen LogP contribution in [0.5, 0.6) is 5.75 Å². The van der Waals surface area contributed by atoms with Crippen LogP contribution in [0, 0.1) is 0 Å². The fourth-order valence-electron chi connectivity index (χ4n) is 2.30. The van der Waals surface area contributed by atoms with Crippen molar-refractivity contribution in [3.8, 4) is 5.75 Å². The number of rotatable bonds is 6. The quantitative estimate of drug-likeness (QED) is 0.663. The largest absolute Gasteiger partial charge is 0.490 e. The van der Waals surface area contributed by atoms with Gasteiger partial charge in [-0.2, -0.15) is 0 Å². The van der Waals surface area contributed by atoms with Crippen molar-refractivity contribution in [3.05, 3.63) is 66.7 Å². The molecule has 0 saturated carbocycles. The number of nitrogens with one attached hydrogen (secondary N) is 1. The van der Waals surface area contributed by atoms with E-state index in [1.807, 2.05) is 48.5 Å². The molecule has 0 radical (unpaired) electrons. The molecule has 1 aromatic heterocycles. The number of hydrogen-bond acceptors (Lipinski definition) is 4. The van der Waals surface area contributed by atoms with Gasteiger partial charge in [-0.3, -0.25) is 5.32 Å². The Hall–Kier alpha value is -2.86. The topological polar surface area (TPSA) is 54.5 Å². The molecule has 0 unspecified atom stereocenters. The molecular weight excluding hydrogens is 334 g/mol. The predicted octanol–water partition coefficient (Wildman–Crippen LogP) is 4.53. The van der Waals surface area contributed by atoms with Crippen molar-refractivity contribution in [2.45, 2.75) is 6.54 Å². The third-order valence-electron chi connectivity index (χ3n) is 3.57. The summed E-state index contributed by atoms with van der Waals surface area (Å²) < 4.78 is 6.50. The van der Waals surface area contributed by atoms with Gasteiger partial charge in [0.15, 0.2) is 5.13 Å². The summed E-state index contributed by atoms with van der Waals surface area (Å²) in [7, 11) is 1.75. The van der Waals surface area contributed by atoms with Gasteiger partial charge in [-0.1, -0.05) is 48.3 Å². The summed E-state index contributed by atoms with van der Waals surface area (Å²) in [4.78, 5) is 18.4. The maximum absolute atomic E-state index is 12.3. The Morgan fingerprint density at radius 2 is 2.04 bits per heavy atom. The number of carbonyl (C=O) groups excluding carboxylic acids is 1. The van der Waals surface area contributed by atoms with Crippen LogP contribution in [-0.2, 0) is 6.54 Å². The summed E-state index contributed by atoms with van der Waals surface area (Å²) >= 11 is 1.46. The average molecular weight is 353 g/mol. The minimum Gasteiger partial charge on any atom is -0.490 e. The van der Waals surface area contributed by atoms with Crippen molar-refractivity contribution in [1.29, 1.82) is 0 Å². The summed E-state index contributed by atoms with van der Waals surface area (Å²) in [6.45, 7) is 4.59.